The molecule has 0 fully saturated rings. The molecule has 0 aliphatic heterocycles. The molecule has 0 radical (unpaired) electrons. The van der Waals surface area contributed by atoms with Gasteiger partial charge in [-0.25, -0.2) is 0 Å². The first-order valence-corrected chi connectivity index (χ1v) is 5.85. The van der Waals surface area contributed by atoms with Crippen LogP contribution < -0.4 is 4.74 Å². The lowest BCUT2D eigenvalue weighted by atomic mass is 10.2. The van der Waals surface area contributed by atoms with Gasteiger partial charge in [-0.2, -0.15) is 0 Å². The largest absolute Gasteiger partial charge is 0.573 e. The van der Waals surface area contributed by atoms with Gasteiger partial charge in [-0.3, -0.25) is 0 Å². The van der Waals surface area contributed by atoms with E-state index in [1.54, 1.807) is 0 Å². The summed E-state index contributed by atoms with van der Waals surface area (Å²) >= 11 is 12.9. The van der Waals surface area contributed by atoms with Crippen molar-refractivity contribution in [3.63, 3.8) is 0 Å². The van der Waals surface area contributed by atoms with E-state index in [4.69, 9.17) is 11.6 Å². The molecule has 8 heteroatoms. The third-order valence-corrected chi connectivity index (χ3v) is 3.12. The number of benzene rings is 1. The van der Waals surface area contributed by atoms with Crippen LogP contribution in [0.4, 0.5) is 13.2 Å². The zero-order valence-electron chi connectivity index (χ0n) is 7.90. The fourth-order valence-electron chi connectivity index (χ4n) is 1.40. The van der Waals surface area contributed by atoms with E-state index in [2.05, 4.69) is 38.3 Å². The minimum Gasteiger partial charge on any atom is -0.403 e. The van der Waals surface area contributed by atoms with Gasteiger partial charge < -0.3 is 9.72 Å². The number of hydrogen-bond acceptors (Lipinski definition) is 2. The van der Waals surface area contributed by atoms with Gasteiger partial charge in [0.1, 0.15) is 0 Å². The molecule has 0 unspecified atom stereocenters. The zero-order valence-corrected chi connectivity index (χ0v) is 11.1. The Labute approximate surface area is 113 Å². The molecule has 0 saturated carbocycles. The van der Waals surface area contributed by atoms with Gasteiger partial charge in [-0.1, -0.05) is 11.6 Å². The van der Waals surface area contributed by atoms with Gasteiger partial charge in [0.25, 0.3) is 0 Å². The SMILES string of the molecule is FC(F)(F)Oc1c(Cl)cc(Br)c2[nH]c(S)cc12. The average molecular weight is 347 g/mol. The van der Waals surface area contributed by atoms with Gasteiger partial charge in [0.2, 0.25) is 0 Å². The van der Waals surface area contributed by atoms with Crippen LogP contribution in [0.5, 0.6) is 5.75 Å². The van der Waals surface area contributed by atoms with Crippen molar-refractivity contribution in [3.8, 4) is 5.75 Å². The summed E-state index contributed by atoms with van der Waals surface area (Å²) in [6.45, 7) is 0. The molecule has 2 rings (SSSR count). The smallest absolute Gasteiger partial charge is 0.403 e. The first-order valence-electron chi connectivity index (χ1n) is 4.23. The van der Waals surface area contributed by atoms with E-state index in [1.807, 2.05) is 0 Å². The lowest BCUT2D eigenvalue weighted by Gasteiger charge is -2.12. The molecule has 0 saturated heterocycles. The highest BCUT2D eigenvalue weighted by atomic mass is 79.9. The van der Waals surface area contributed by atoms with Crippen LogP contribution >= 0.6 is 40.2 Å². The second-order valence-corrected chi connectivity index (χ2v) is 4.90. The van der Waals surface area contributed by atoms with Crippen LogP contribution in [0.25, 0.3) is 10.9 Å². The van der Waals surface area contributed by atoms with Crippen LogP contribution in [0, 0.1) is 0 Å². The number of alkyl halides is 3. The Hall–Kier alpha value is -0.530. The van der Waals surface area contributed by atoms with Gasteiger partial charge in [-0.15, -0.1) is 25.8 Å². The molecular weight excluding hydrogens is 343 g/mol. The Balaban J connectivity index is 2.69. The molecule has 1 heterocycles. The summed E-state index contributed by atoms with van der Waals surface area (Å²) in [5.74, 6) is -0.436. The van der Waals surface area contributed by atoms with Crippen LogP contribution in [0.15, 0.2) is 21.6 Å². The molecule has 1 aromatic heterocycles. The summed E-state index contributed by atoms with van der Waals surface area (Å²) in [4.78, 5) is 2.79. The number of rotatable bonds is 1. The van der Waals surface area contributed by atoms with Gasteiger partial charge in [-0.05, 0) is 28.1 Å². The molecular formula is C9H4BrClF3NOS. The van der Waals surface area contributed by atoms with E-state index in [0.29, 0.717) is 15.0 Å². The Morgan fingerprint density at radius 2 is 2.00 bits per heavy atom. The lowest BCUT2D eigenvalue weighted by Crippen LogP contribution is -2.17. The molecule has 0 amide bonds. The quantitative estimate of drug-likeness (QED) is 0.714. The average Bonchev–Trinajstić information content (AvgIpc) is 2.53. The Bertz CT molecular complexity index is 584. The van der Waals surface area contributed by atoms with Gasteiger partial charge in [0.15, 0.2) is 5.75 Å². The van der Waals surface area contributed by atoms with Crippen molar-refractivity contribution in [2.75, 3.05) is 0 Å². The number of ether oxygens (including phenoxy) is 1. The fourth-order valence-corrected chi connectivity index (χ4v) is 2.57. The number of aromatic nitrogens is 1. The maximum atomic E-state index is 12.2. The van der Waals surface area contributed by atoms with Gasteiger partial charge >= 0.3 is 6.36 Å². The van der Waals surface area contributed by atoms with Crippen molar-refractivity contribution in [1.29, 1.82) is 0 Å². The number of halogens is 5. The number of aromatic amines is 1. The molecule has 1 N–H and O–H groups in total. The van der Waals surface area contributed by atoms with E-state index >= 15 is 0 Å². The van der Waals surface area contributed by atoms with Crippen molar-refractivity contribution in [1.82, 2.24) is 4.98 Å². The number of nitrogens with one attached hydrogen (secondary N) is 1. The minimum absolute atomic E-state index is 0.131. The third-order valence-electron chi connectivity index (χ3n) is 1.98. The summed E-state index contributed by atoms with van der Waals surface area (Å²) < 4.78 is 41.1. The van der Waals surface area contributed by atoms with E-state index in [1.165, 1.54) is 12.1 Å². The molecule has 17 heavy (non-hydrogen) atoms. The number of fused-ring (bicyclic) bond motifs is 1. The molecule has 1 aromatic carbocycles. The second kappa shape index (κ2) is 4.29. The predicted molar refractivity (Wildman–Crippen MR) is 64.9 cm³/mol. The maximum Gasteiger partial charge on any atom is 0.573 e. The summed E-state index contributed by atoms with van der Waals surface area (Å²) in [5, 5.41) is 0.496. The monoisotopic (exact) mass is 345 g/mol. The van der Waals surface area contributed by atoms with Crippen LogP contribution in [-0.2, 0) is 0 Å². The number of thiol groups is 1. The Morgan fingerprint density at radius 3 is 2.59 bits per heavy atom. The van der Waals surface area contributed by atoms with E-state index in [-0.39, 0.29) is 10.4 Å². The third kappa shape index (κ3) is 2.66. The maximum absolute atomic E-state index is 12.2. The lowest BCUT2D eigenvalue weighted by molar-refractivity contribution is -0.274. The highest BCUT2D eigenvalue weighted by Crippen LogP contribution is 2.41. The van der Waals surface area contributed by atoms with Crippen LogP contribution in [0.3, 0.4) is 0 Å². The van der Waals surface area contributed by atoms with Crippen LogP contribution in [0.2, 0.25) is 5.02 Å². The summed E-state index contributed by atoms with van der Waals surface area (Å²) in [6, 6.07) is 2.74. The molecule has 2 aromatic rings. The summed E-state index contributed by atoms with van der Waals surface area (Å²) in [7, 11) is 0. The zero-order chi connectivity index (χ0) is 12.8. The number of H-pyrrole nitrogens is 1. The number of hydrogen-bond donors (Lipinski definition) is 2. The Morgan fingerprint density at radius 1 is 1.35 bits per heavy atom. The topological polar surface area (TPSA) is 25.0 Å². The standard InChI is InChI=1S/C9H4BrClF3NOS/c10-4-2-5(11)8(16-9(12,13)14)3-1-6(17)15-7(3)4/h1-2,15,17H. The van der Waals surface area contributed by atoms with E-state index in [0.717, 1.165) is 0 Å². The second-order valence-electron chi connectivity index (χ2n) is 3.16. The first-order chi connectivity index (χ1) is 7.78. The Kier molecular flexibility index (Phi) is 3.26. The van der Waals surface area contributed by atoms with E-state index < -0.39 is 12.1 Å². The van der Waals surface area contributed by atoms with Crippen molar-refractivity contribution in [2.45, 2.75) is 11.4 Å². The van der Waals surface area contributed by atoms with Gasteiger partial charge in [0, 0.05) is 9.86 Å². The molecule has 0 bridgehead atoms. The van der Waals surface area contributed by atoms with Crippen LogP contribution in [0.1, 0.15) is 0 Å². The minimum atomic E-state index is -4.79. The fraction of sp³-hybridized carbons (Fsp3) is 0.111. The van der Waals surface area contributed by atoms with E-state index in [9.17, 15) is 13.2 Å². The van der Waals surface area contributed by atoms with Crippen molar-refractivity contribution in [2.24, 2.45) is 0 Å². The normalized spacial score (nSPS) is 12.1. The molecule has 2 nitrogen and oxygen atoms in total. The van der Waals surface area contributed by atoms with Crippen LogP contribution in [-0.4, -0.2) is 11.3 Å². The summed E-state index contributed by atoms with van der Waals surface area (Å²) in [5.41, 5.74) is 0.443. The van der Waals surface area contributed by atoms with Crippen molar-refractivity contribution in [3.05, 3.63) is 21.6 Å². The highest BCUT2D eigenvalue weighted by molar-refractivity contribution is 9.10. The molecule has 0 spiro atoms. The molecule has 0 atom stereocenters. The first kappa shape index (κ1) is 12.9. The summed E-state index contributed by atoms with van der Waals surface area (Å²) in [6.07, 6.45) is -4.79. The van der Waals surface area contributed by atoms with Crippen molar-refractivity contribution < 1.29 is 17.9 Å². The molecule has 0 aliphatic rings. The predicted octanol–water partition coefficient (Wildman–Crippen LogP) is 4.77. The molecule has 92 valence electrons. The molecule has 0 aliphatic carbocycles. The van der Waals surface area contributed by atoms with Gasteiger partial charge in [0.05, 0.1) is 15.6 Å². The van der Waals surface area contributed by atoms with Crippen molar-refractivity contribution >= 4 is 51.1 Å². The highest BCUT2D eigenvalue weighted by Gasteiger charge is 2.33.